The molecule has 0 bridgehead atoms. The summed E-state index contributed by atoms with van der Waals surface area (Å²) in [7, 11) is 1.60. The molecule has 0 radical (unpaired) electrons. The van der Waals surface area contributed by atoms with Crippen LogP contribution >= 0.6 is 0 Å². The lowest BCUT2D eigenvalue weighted by molar-refractivity contribution is -0.139. The Kier molecular flexibility index (Phi) is 8.10. The Bertz CT molecular complexity index is 613. The van der Waals surface area contributed by atoms with Crippen molar-refractivity contribution in [3.8, 4) is 5.75 Å². The van der Waals surface area contributed by atoms with Gasteiger partial charge >= 0.3 is 5.97 Å². The van der Waals surface area contributed by atoms with E-state index in [0.29, 0.717) is 18.7 Å². The standard InChI is InChI=1S/C21H32N2O4/c1-4-22(5-2)12-10-18-15-23(13-11-17(18)14-20(24)25)21(26)16-6-8-19(27-3)9-7-16/h6-9,17-18H,4-5,10-15H2,1-3H3,(H,24,25). The number of benzene rings is 1. The van der Waals surface area contributed by atoms with Crippen LogP contribution in [0.25, 0.3) is 0 Å². The van der Waals surface area contributed by atoms with Crippen molar-refractivity contribution < 1.29 is 19.4 Å². The van der Waals surface area contributed by atoms with Crippen LogP contribution in [0.4, 0.5) is 0 Å². The molecule has 27 heavy (non-hydrogen) atoms. The van der Waals surface area contributed by atoms with Gasteiger partial charge in [-0.15, -0.1) is 0 Å². The third kappa shape index (κ3) is 5.96. The van der Waals surface area contributed by atoms with Gasteiger partial charge in [0.25, 0.3) is 5.91 Å². The van der Waals surface area contributed by atoms with Crippen LogP contribution in [0.2, 0.25) is 0 Å². The highest BCUT2D eigenvalue weighted by Crippen LogP contribution is 2.30. The Balaban J connectivity index is 2.05. The molecule has 1 aromatic rings. The molecule has 0 saturated carbocycles. The summed E-state index contributed by atoms with van der Waals surface area (Å²) < 4.78 is 5.15. The minimum Gasteiger partial charge on any atom is -0.497 e. The van der Waals surface area contributed by atoms with E-state index < -0.39 is 5.97 Å². The molecule has 0 aromatic heterocycles. The number of hydrogen-bond acceptors (Lipinski definition) is 4. The average molecular weight is 376 g/mol. The lowest BCUT2D eigenvalue weighted by Crippen LogP contribution is -2.45. The first kappa shape index (κ1) is 21.2. The van der Waals surface area contributed by atoms with Crippen LogP contribution in [-0.2, 0) is 4.79 Å². The van der Waals surface area contributed by atoms with E-state index in [1.165, 1.54) is 0 Å². The molecular formula is C21H32N2O4. The zero-order valence-electron chi connectivity index (χ0n) is 16.7. The quantitative estimate of drug-likeness (QED) is 0.717. The number of ether oxygens (including phenoxy) is 1. The minimum atomic E-state index is -0.747. The summed E-state index contributed by atoms with van der Waals surface area (Å²) in [5.41, 5.74) is 0.648. The van der Waals surface area contributed by atoms with Crippen LogP contribution in [-0.4, -0.2) is 66.6 Å². The van der Waals surface area contributed by atoms with E-state index in [1.54, 1.807) is 31.4 Å². The lowest BCUT2D eigenvalue weighted by atomic mass is 9.81. The molecule has 0 aliphatic carbocycles. The molecular weight excluding hydrogens is 344 g/mol. The Morgan fingerprint density at radius 1 is 1.19 bits per heavy atom. The van der Waals surface area contributed by atoms with Gasteiger partial charge in [-0.2, -0.15) is 0 Å². The van der Waals surface area contributed by atoms with Crippen LogP contribution in [0.1, 0.15) is 43.5 Å². The number of methoxy groups -OCH3 is 1. The first-order valence-corrected chi connectivity index (χ1v) is 9.85. The van der Waals surface area contributed by atoms with Crippen molar-refractivity contribution in [2.24, 2.45) is 11.8 Å². The molecule has 6 heteroatoms. The van der Waals surface area contributed by atoms with E-state index >= 15 is 0 Å². The summed E-state index contributed by atoms with van der Waals surface area (Å²) in [4.78, 5) is 28.4. The maximum Gasteiger partial charge on any atom is 0.303 e. The number of amides is 1. The minimum absolute atomic E-state index is 0.0132. The van der Waals surface area contributed by atoms with Gasteiger partial charge in [0.05, 0.1) is 7.11 Å². The third-order valence-corrected chi connectivity index (χ3v) is 5.66. The van der Waals surface area contributed by atoms with Crippen molar-refractivity contribution in [3.63, 3.8) is 0 Å². The van der Waals surface area contributed by atoms with E-state index in [9.17, 15) is 14.7 Å². The topological polar surface area (TPSA) is 70.1 Å². The largest absolute Gasteiger partial charge is 0.497 e. The van der Waals surface area contributed by atoms with Gasteiger partial charge in [0, 0.05) is 25.1 Å². The number of piperidine rings is 1. The van der Waals surface area contributed by atoms with Gasteiger partial charge < -0.3 is 19.6 Å². The zero-order chi connectivity index (χ0) is 19.8. The van der Waals surface area contributed by atoms with E-state index in [-0.39, 0.29) is 24.2 Å². The molecule has 6 nitrogen and oxygen atoms in total. The van der Waals surface area contributed by atoms with Crippen LogP contribution in [0, 0.1) is 11.8 Å². The number of nitrogens with zero attached hydrogens (tertiary/aromatic N) is 2. The van der Waals surface area contributed by atoms with Gasteiger partial charge in [-0.1, -0.05) is 13.8 Å². The molecule has 1 aliphatic rings. The average Bonchev–Trinajstić information content (AvgIpc) is 2.69. The Morgan fingerprint density at radius 3 is 2.41 bits per heavy atom. The number of carbonyl (C=O) groups is 2. The van der Waals surface area contributed by atoms with Crippen molar-refractivity contribution >= 4 is 11.9 Å². The van der Waals surface area contributed by atoms with Crippen molar-refractivity contribution in [3.05, 3.63) is 29.8 Å². The van der Waals surface area contributed by atoms with Gasteiger partial charge in [0.2, 0.25) is 0 Å². The number of carboxylic acid groups (broad SMARTS) is 1. The maximum atomic E-state index is 12.9. The first-order valence-electron chi connectivity index (χ1n) is 9.85. The molecule has 2 atom stereocenters. The summed E-state index contributed by atoms with van der Waals surface area (Å²) >= 11 is 0. The van der Waals surface area contributed by atoms with Crippen LogP contribution in [0.3, 0.4) is 0 Å². The molecule has 1 heterocycles. The number of aliphatic carboxylic acids is 1. The first-order chi connectivity index (χ1) is 13.0. The predicted molar refractivity (Wildman–Crippen MR) is 105 cm³/mol. The fourth-order valence-electron chi connectivity index (χ4n) is 3.89. The fourth-order valence-corrected chi connectivity index (χ4v) is 3.89. The molecule has 2 unspecified atom stereocenters. The smallest absolute Gasteiger partial charge is 0.303 e. The number of rotatable bonds is 9. The third-order valence-electron chi connectivity index (χ3n) is 5.66. The van der Waals surface area contributed by atoms with Crippen molar-refractivity contribution in [2.45, 2.75) is 33.1 Å². The monoisotopic (exact) mass is 376 g/mol. The Hall–Kier alpha value is -2.08. The van der Waals surface area contributed by atoms with Crippen LogP contribution in [0.5, 0.6) is 5.75 Å². The lowest BCUT2D eigenvalue weighted by Gasteiger charge is -2.39. The van der Waals surface area contributed by atoms with E-state index in [4.69, 9.17) is 4.74 Å². The van der Waals surface area contributed by atoms with Gasteiger partial charge in [-0.3, -0.25) is 9.59 Å². The van der Waals surface area contributed by atoms with Crippen LogP contribution in [0.15, 0.2) is 24.3 Å². The fraction of sp³-hybridized carbons (Fsp3) is 0.619. The SMILES string of the molecule is CCN(CC)CCC1CN(C(=O)c2ccc(OC)cc2)CCC1CC(=O)O. The summed E-state index contributed by atoms with van der Waals surface area (Å²) in [6.07, 6.45) is 1.86. The summed E-state index contributed by atoms with van der Waals surface area (Å²) in [5.74, 6) is 0.349. The molecule has 1 amide bonds. The second-order valence-electron chi connectivity index (χ2n) is 7.20. The second kappa shape index (κ2) is 10.3. The molecule has 1 saturated heterocycles. The van der Waals surface area contributed by atoms with Gasteiger partial charge in [-0.25, -0.2) is 0 Å². The summed E-state index contributed by atoms with van der Waals surface area (Å²) in [5, 5.41) is 9.25. The van der Waals surface area contributed by atoms with E-state index in [1.807, 2.05) is 4.90 Å². The Labute approximate surface area is 162 Å². The highest BCUT2D eigenvalue weighted by atomic mass is 16.5. The summed E-state index contributed by atoms with van der Waals surface area (Å²) in [6.45, 7) is 8.44. The second-order valence-corrected chi connectivity index (χ2v) is 7.20. The molecule has 150 valence electrons. The van der Waals surface area contributed by atoms with E-state index in [0.717, 1.165) is 38.2 Å². The highest BCUT2D eigenvalue weighted by Gasteiger charge is 2.33. The van der Waals surface area contributed by atoms with Crippen LogP contribution < -0.4 is 4.74 Å². The molecule has 0 spiro atoms. The molecule has 1 aliphatic heterocycles. The van der Waals surface area contributed by atoms with Crippen molar-refractivity contribution in [1.82, 2.24) is 9.80 Å². The number of carboxylic acids is 1. The highest BCUT2D eigenvalue weighted by molar-refractivity contribution is 5.94. The van der Waals surface area contributed by atoms with Gasteiger partial charge in [0.1, 0.15) is 5.75 Å². The summed E-state index contributed by atoms with van der Waals surface area (Å²) in [6, 6.07) is 7.16. The normalized spacial score (nSPS) is 19.9. The van der Waals surface area contributed by atoms with Crippen molar-refractivity contribution in [2.75, 3.05) is 39.8 Å². The molecule has 2 rings (SSSR count). The maximum absolute atomic E-state index is 12.9. The molecule has 1 fully saturated rings. The Morgan fingerprint density at radius 2 is 1.85 bits per heavy atom. The number of carbonyl (C=O) groups excluding carboxylic acids is 1. The van der Waals surface area contributed by atoms with Gasteiger partial charge in [0.15, 0.2) is 0 Å². The predicted octanol–water partition coefficient (Wildman–Crippen LogP) is 2.98. The number of likely N-dealkylation sites (tertiary alicyclic amines) is 1. The number of hydrogen-bond donors (Lipinski definition) is 1. The zero-order valence-corrected chi connectivity index (χ0v) is 16.7. The van der Waals surface area contributed by atoms with E-state index in [2.05, 4.69) is 18.7 Å². The van der Waals surface area contributed by atoms with Gasteiger partial charge in [-0.05, 0) is 68.6 Å². The molecule has 1 N–H and O–H groups in total. The van der Waals surface area contributed by atoms with Crippen molar-refractivity contribution in [1.29, 1.82) is 0 Å². The molecule has 1 aromatic carbocycles.